The summed E-state index contributed by atoms with van der Waals surface area (Å²) in [5.41, 5.74) is 0.910. The van der Waals surface area contributed by atoms with Crippen LogP contribution in [-0.4, -0.2) is 28.3 Å². The standard InChI is InChI=1S/C17H28N2O2/c1-4-15(5-2)19-8-7-14(18-19)12-16(20)9-13-10-17(11-13)21-6-3/h7-8,13,15,17H,4-6,9-12H2,1-3H3. The number of hydrogen-bond donors (Lipinski definition) is 0. The summed E-state index contributed by atoms with van der Waals surface area (Å²) >= 11 is 0. The van der Waals surface area contributed by atoms with Crippen LogP contribution in [0.1, 0.15) is 64.6 Å². The molecule has 1 aromatic heterocycles. The maximum absolute atomic E-state index is 12.1. The van der Waals surface area contributed by atoms with E-state index in [1.165, 1.54) is 0 Å². The Morgan fingerprint density at radius 2 is 2.10 bits per heavy atom. The van der Waals surface area contributed by atoms with E-state index in [9.17, 15) is 4.79 Å². The Kier molecular flexibility index (Phi) is 5.97. The number of aromatic nitrogens is 2. The smallest absolute Gasteiger partial charge is 0.139 e. The Hall–Kier alpha value is -1.16. The largest absolute Gasteiger partial charge is 0.378 e. The number of ether oxygens (including phenoxy) is 1. The van der Waals surface area contributed by atoms with Crippen LogP contribution < -0.4 is 0 Å². The topological polar surface area (TPSA) is 44.1 Å². The van der Waals surface area contributed by atoms with Crippen molar-refractivity contribution < 1.29 is 9.53 Å². The Balaban J connectivity index is 1.76. The van der Waals surface area contributed by atoms with Crippen molar-refractivity contribution in [2.75, 3.05) is 6.61 Å². The molecule has 0 radical (unpaired) electrons. The van der Waals surface area contributed by atoms with Gasteiger partial charge >= 0.3 is 0 Å². The van der Waals surface area contributed by atoms with Gasteiger partial charge in [0.2, 0.25) is 0 Å². The van der Waals surface area contributed by atoms with Crippen LogP contribution in [0.5, 0.6) is 0 Å². The number of Topliss-reactive ketones (excluding diaryl/α,β-unsaturated/α-hetero) is 1. The van der Waals surface area contributed by atoms with E-state index in [2.05, 4.69) is 18.9 Å². The summed E-state index contributed by atoms with van der Waals surface area (Å²) in [4.78, 5) is 12.1. The summed E-state index contributed by atoms with van der Waals surface area (Å²) in [7, 11) is 0. The lowest BCUT2D eigenvalue weighted by Crippen LogP contribution is -2.33. The fraction of sp³-hybridized carbons (Fsp3) is 0.765. The molecule has 0 spiro atoms. The van der Waals surface area contributed by atoms with Crippen molar-refractivity contribution in [3.63, 3.8) is 0 Å². The van der Waals surface area contributed by atoms with E-state index >= 15 is 0 Å². The second-order valence-electron chi connectivity index (χ2n) is 6.09. The molecule has 0 saturated heterocycles. The van der Waals surface area contributed by atoms with E-state index < -0.39 is 0 Å². The number of rotatable bonds is 9. The molecule has 1 aliphatic carbocycles. The Morgan fingerprint density at radius 3 is 2.71 bits per heavy atom. The zero-order chi connectivity index (χ0) is 15.2. The molecule has 0 aromatic carbocycles. The first-order valence-electron chi connectivity index (χ1n) is 8.33. The van der Waals surface area contributed by atoms with Gasteiger partial charge in [-0.2, -0.15) is 5.10 Å². The monoisotopic (exact) mass is 292 g/mol. The molecule has 0 atom stereocenters. The summed E-state index contributed by atoms with van der Waals surface area (Å²) in [6.45, 7) is 7.14. The van der Waals surface area contributed by atoms with Gasteiger partial charge in [0.25, 0.3) is 0 Å². The first-order chi connectivity index (χ1) is 10.2. The van der Waals surface area contributed by atoms with Crippen LogP contribution in [-0.2, 0) is 16.0 Å². The van der Waals surface area contributed by atoms with E-state index in [1.807, 2.05) is 23.9 Å². The number of carbonyl (C=O) groups is 1. The molecule has 2 rings (SSSR count). The summed E-state index contributed by atoms with van der Waals surface area (Å²) in [6.07, 6.45) is 7.79. The van der Waals surface area contributed by atoms with Gasteiger partial charge in [-0.1, -0.05) is 13.8 Å². The Bertz CT molecular complexity index is 445. The zero-order valence-electron chi connectivity index (χ0n) is 13.5. The number of ketones is 1. The van der Waals surface area contributed by atoms with Crippen molar-refractivity contribution >= 4 is 5.78 Å². The maximum atomic E-state index is 12.1. The third-order valence-corrected chi connectivity index (χ3v) is 4.47. The molecule has 0 aliphatic heterocycles. The molecule has 118 valence electrons. The SMILES string of the molecule is CCOC1CC(CC(=O)Cc2ccn(C(CC)CC)n2)C1. The summed E-state index contributed by atoms with van der Waals surface area (Å²) in [5.74, 6) is 0.833. The van der Waals surface area contributed by atoms with Gasteiger partial charge < -0.3 is 4.74 Å². The van der Waals surface area contributed by atoms with Crippen LogP contribution in [0.25, 0.3) is 0 Å². The molecule has 1 fully saturated rings. The van der Waals surface area contributed by atoms with E-state index in [1.54, 1.807) is 0 Å². The van der Waals surface area contributed by atoms with Gasteiger partial charge in [-0.3, -0.25) is 9.48 Å². The van der Waals surface area contributed by atoms with E-state index in [-0.39, 0.29) is 0 Å². The first kappa shape index (κ1) is 16.2. The van der Waals surface area contributed by atoms with Gasteiger partial charge in [0.1, 0.15) is 5.78 Å². The lowest BCUT2D eigenvalue weighted by atomic mass is 9.78. The van der Waals surface area contributed by atoms with Gasteiger partial charge in [0.15, 0.2) is 0 Å². The van der Waals surface area contributed by atoms with Crippen molar-refractivity contribution in [1.82, 2.24) is 9.78 Å². The molecule has 1 aliphatic rings. The highest BCUT2D eigenvalue weighted by molar-refractivity contribution is 5.80. The van der Waals surface area contributed by atoms with Gasteiger partial charge in [-0.05, 0) is 44.6 Å². The molecule has 1 aromatic rings. The van der Waals surface area contributed by atoms with Gasteiger partial charge in [0, 0.05) is 19.2 Å². The highest BCUT2D eigenvalue weighted by Gasteiger charge is 2.31. The molecule has 1 saturated carbocycles. The quantitative estimate of drug-likeness (QED) is 0.699. The molecule has 0 N–H and O–H groups in total. The average Bonchev–Trinajstić information content (AvgIpc) is 2.86. The Labute approximate surface area is 127 Å². The summed E-state index contributed by atoms with van der Waals surface area (Å²) in [6, 6.07) is 2.44. The molecule has 0 bridgehead atoms. The lowest BCUT2D eigenvalue weighted by Gasteiger charge is -2.34. The van der Waals surface area contributed by atoms with Crippen LogP contribution >= 0.6 is 0 Å². The minimum atomic E-state index is 0.310. The minimum absolute atomic E-state index is 0.310. The molecule has 4 nitrogen and oxygen atoms in total. The predicted octanol–water partition coefficient (Wildman–Crippen LogP) is 3.56. The maximum Gasteiger partial charge on any atom is 0.139 e. The van der Waals surface area contributed by atoms with E-state index in [0.29, 0.717) is 36.7 Å². The third-order valence-electron chi connectivity index (χ3n) is 4.47. The van der Waals surface area contributed by atoms with Gasteiger partial charge in [0.05, 0.1) is 24.3 Å². The van der Waals surface area contributed by atoms with Crippen molar-refractivity contribution in [3.05, 3.63) is 18.0 Å². The van der Waals surface area contributed by atoms with Crippen LogP contribution in [0.15, 0.2) is 12.3 Å². The number of nitrogens with zero attached hydrogens (tertiary/aromatic N) is 2. The molecule has 1 heterocycles. The van der Waals surface area contributed by atoms with Crippen molar-refractivity contribution in [3.8, 4) is 0 Å². The fourth-order valence-corrected chi connectivity index (χ4v) is 3.15. The van der Waals surface area contributed by atoms with E-state index in [4.69, 9.17) is 4.74 Å². The second kappa shape index (κ2) is 7.74. The van der Waals surface area contributed by atoms with Gasteiger partial charge in [-0.15, -0.1) is 0 Å². The molecule has 4 heteroatoms. The molecule has 21 heavy (non-hydrogen) atoms. The fourth-order valence-electron chi connectivity index (χ4n) is 3.15. The van der Waals surface area contributed by atoms with Crippen molar-refractivity contribution in [1.29, 1.82) is 0 Å². The summed E-state index contributed by atoms with van der Waals surface area (Å²) < 4.78 is 7.55. The first-order valence-corrected chi connectivity index (χ1v) is 8.33. The molecule has 0 unspecified atom stereocenters. The third kappa shape index (κ3) is 4.40. The minimum Gasteiger partial charge on any atom is -0.378 e. The van der Waals surface area contributed by atoms with Crippen molar-refractivity contribution in [2.24, 2.45) is 5.92 Å². The second-order valence-corrected chi connectivity index (χ2v) is 6.09. The highest BCUT2D eigenvalue weighted by Crippen LogP contribution is 2.33. The van der Waals surface area contributed by atoms with Gasteiger partial charge in [-0.25, -0.2) is 0 Å². The molecular weight excluding hydrogens is 264 g/mol. The average molecular weight is 292 g/mol. The summed E-state index contributed by atoms with van der Waals surface area (Å²) in [5, 5.41) is 4.56. The van der Waals surface area contributed by atoms with Crippen LogP contribution in [0.2, 0.25) is 0 Å². The zero-order valence-corrected chi connectivity index (χ0v) is 13.5. The van der Waals surface area contributed by atoms with Crippen LogP contribution in [0, 0.1) is 5.92 Å². The van der Waals surface area contributed by atoms with Crippen LogP contribution in [0.3, 0.4) is 0 Å². The van der Waals surface area contributed by atoms with Crippen LogP contribution in [0.4, 0.5) is 0 Å². The highest BCUT2D eigenvalue weighted by atomic mass is 16.5. The number of hydrogen-bond acceptors (Lipinski definition) is 3. The molecular formula is C17H28N2O2. The molecule has 0 amide bonds. The Morgan fingerprint density at radius 1 is 1.38 bits per heavy atom. The lowest BCUT2D eigenvalue weighted by molar-refractivity contribution is -0.121. The predicted molar refractivity (Wildman–Crippen MR) is 83.3 cm³/mol. The number of carbonyl (C=O) groups excluding carboxylic acids is 1. The van der Waals surface area contributed by atoms with Crippen molar-refractivity contribution in [2.45, 2.75) is 71.4 Å². The normalized spacial score (nSPS) is 21.5. The van der Waals surface area contributed by atoms with E-state index in [0.717, 1.165) is 38.0 Å².